The first-order chi connectivity index (χ1) is 17.9. The number of carbonyl (C=O) groups is 5. The van der Waals surface area contributed by atoms with Gasteiger partial charge in [0.05, 0.1) is 12.6 Å². The minimum absolute atomic E-state index is 0.201. The summed E-state index contributed by atoms with van der Waals surface area (Å²) in [6.07, 6.45) is 2.74. The molecule has 1 aliphatic carbocycles. The summed E-state index contributed by atoms with van der Waals surface area (Å²) >= 11 is 0. The van der Waals surface area contributed by atoms with Crippen molar-refractivity contribution in [3.63, 3.8) is 0 Å². The molecular weight excluding hydrogens is 490 g/mol. The van der Waals surface area contributed by atoms with E-state index < -0.39 is 41.4 Å². The van der Waals surface area contributed by atoms with Crippen LogP contribution in [0.4, 0.5) is 10.5 Å². The number of nitrogens with one attached hydrogen (secondary N) is 3. The van der Waals surface area contributed by atoms with Gasteiger partial charge in [-0.15, -0.1) is 6.58 Å². The van der Waals surface area contributed by atoms with Crippen molar-refractivity contribution in [1.82, 2.24) is 20.9 Å². The summed E-state index contributed by atoms with van der Waals surface area (Å²) in [5, 5.41) is 17.3. The Hall–Kier alpha value is -3.89. The van der Waals surface area contributed by atoms with Crippen LogP contribution in [0.15, 0.2) is 36.9 Å². The number of carboxylic acid groups (broad SMARTS) is 1. The highest BCUT2D eigenvalue weighted by atomic mass is 16.4. The predicted octanol–water partition coefficient (Wildman–Crippen LogP) is 1.40. The number of ketones is 1. The molecule has 1 saturated heterocycles. The summed E-state index contributed by atoms with van der Waals surface area (Å²) in [7, 11) is 3.80. The van der Waals surface area contributed by atoms with Crippen LogP contribution in [-0.4, -0.2) is 84.4 Å². The summed E-state index contributed by atoms with van der Waals surface area (Å²) in [5.41, 5.74) is 0.0287. The van der Waals surface area contributed by atoms with Gasteiger partial charge in [0.2, 0.25) is 11.8 Å². The zero-order valence-corrected chi connectivity index (χ0v) is 22.3. The van der Waals surface area contributed by atoms with Gasteiger partial charge in [0.1, 0.15) is 11.6 Å². The second-order valence-corrected chi connectivity index (χ2v) is 10.4. The molecule has 11 heteroatoms. The van der Waals surface area contributed by atoms with Crippen LogP contribution in [0.5, 0.6) is 0 Å². The molecule has 1 aromatic carbocycles. The van der Waals surface area contributed by atoms with E-state index in [2.05, 4.69) is 22.5 Å². The molecule has 0 spiro atoms. The van der Waals surface area contributed by atoms with Gasteiger partial charge in [0.25, 0.3) is 0 Å². The molecule has 1 heterocycles. The average molecular weight is 528 g/mol. The predicted molar refractivity (Wildman–Crippen MR) is 142 cm³/mol. The Labute approximate surface area is 222 Å². The van der Waals surface area contributed by atoms with Crippen LogP contribution in [0.1, 0.15) is 43.5 Å². The molecule has 2 aliphatic rings. The first kappa shape index (κ1) is 28.7. The number of urea groups is 1. The Balaban J connectivity index is 1.56. The van der Waals surface area contributed by atoms with Crippen molar-refractivity contribution in [2.24, 2.45) is 11.8 Å². The highest BCUT2D eigenvalue weighted by Crippen LogP contribution is 2.44. The van der Waals surface area contributed by atoms with Gasteiger partial charge in [0, 0.05) is 37.8 Å². The molecule has 1 saturated carbocycles. The highest BCUT2D eigenvalue weighted by Gasteiger charge is 2.61. The summed E-state index contributed by atoms with van der Waals surface area (Å²) < 4.78 is 0. The molecule has 11 nitrogen and oxygen atoms in total. The first-order valence-corrected chi connectivity index (χ1v) is 12.7. The molecule has 4 atom stereocenters. The molecule has 4 N–H and O–H groups in total. The number of nitrogens with zero attached hydrogens (tertiary/aromatic N) is 2. The SMILES string of the molecule is C=CC1C[C@]1(NC(=O)[C@@H]1CCCN1C(=O)CNC(=O)N[C@H](C(=O)c1ccc(N(C)C)cc1)C(C)C)C(=O)O. The lowest BCUT2D eigenvalue weighted by Gasteiger charge is -2.26. The molecule has 1 unspecified atom stereocenters. The lowest BCUT2D eigenvalue weighted by atomic mass is 9.95. The van der Waals surface area contributed by atoms with Crippen LogP contribution in [0.25, 0.3) is 0 Å². The summed E-state index contributed by atoms with van der Waals surface area (Å²) in [5.74, 6) is -2.93. The average Bonchev–Trinajstić information content (AvgIpc) is 3.37. The fraction of sp³-hybridized carbons (Fsp3) is 0.519. The quantitative estimate of drug-likeness (QED) is 0.251. The van der Waals surface area contributed by atoms with Gasteiger partial charge in [-0.2, -0.15) is 0 Å². The number of benzene rings is 1. The zero-order valence-electron chi connectivity index (χ0n) is 22.3. The number of likely N-dealkylation sites (tertiary alicyclic amines) is 1. The minimum Gasteiger partial charge on any atom is -0.479 e. The smallest absolute Gasteiger partial charge is 0.330 e. The topological polar surface area (TPSA) is 148 Å². The number of aliphatic carboxylic acids is 1. The minimum atomic E-state index is -1.38. The Morgan fingerprint density at radius 3 is 2.37 bits per heavy atom. The van der Waals surface area contributed by atoms with Gasteiger partial charge in [-0.05, 0) is 49.4 Å². The zero-order chi connectivity index (χ0) is 28.2. The van der Waals surface area contributed by atoms with E-state index in [0.717, 1.165) is 5.69 Å². The van der Waals surface area contributed by atoms with E-state index in [4.69, 9.17) is 0 Å². The lowest BCUT2D eigenvalue weighted by molar-refractivity contribution is -0.145. The van der Waals surface area contributed by atoms with Gasteiger partial charge in [-0.1, -0.05) is 19.9 Å². The summed E-state index contributed by atoms with van der Waals surface area (Å²) in [6, 6.07) is 4.78. The second kappa shape index (κ2) is 11.7. The maximum Gasteiger partial charge on any atom is 0.330 e. The van der Waals surface area contributed by atoms with Gasteiger partial charge < -0.3 is 30.9 Å². The van der Waals surface area contributed by atoms with Crippen molar-refractivity contribution in [2.45, 2.75) is 50.7 Å². The third kappa shape index (κ3) is 6.15. The van der Waals surface area contributed by atoms with Crippen molar-refractivity contribution >= 4 is 35.3 Å². The summed E-state index contributed by atoms with van der Waals surface area (Å²) in [4.78, 5) is 66.4. The number of hydrogen-bond donors (Lipinski definition) is 4. The van der Waals surface area contributed by atoms with Crippen molar-refractivity contribution < 1.29 is 29.1 Å². The molecule has 2 fully saturated rings. The molecule has 1 aromatic rings. The number of Topliss-reactive ketones (excluding diaryl/α,β-unsaturated/α-hetero) is 1. The van der Waals surface area contributed by atoms with E-state index in [1.165, 1.54) is 11.0 Å². The van der Waals surface area contributed by atoms with Crippen molar-refractivity contribution in [2.75, 3.05) is 32.1 Å². The standard InChI is InChI=1S/C27H37N5O6/c1-6-18-14-27(18,25(36)37)30-24(35)20-8-7-13-32(20)21(33)15-28-26(38)29-22(16(2)3)23(34)17-9-11-19(12-10-17)31(4)5/h6,9-12,16,18,20,22H,1,7-8,13-15H2,2-5H3,(H,30,35)(H,36,37)(H2,28,29,38)/t18?,20-,22-,27+/m0/s1. The fourth-order valence-corrected chi connectivity index (χ4v) is 4.74. The van der Waals surface area contributed by atoms with Crippen LogP contribution in [0, 0.1) is 11.8 Å². The number of anilines is 1. The largest absolute Gasteiger partial charge is 0.479 e. The van der Waals surface area contributed by atoms with Crippen molar-refractivity contribution in [1.29, 1.82) is 0 Å². The number of hydrogen-bond acceptors (Lipinski definition) is 6. The van der Waals surface area contributed by atoms with Crippen LogP contribution >= 0.6 is 0 Å². The fourth-order valence-electron chi connectivity index (χ4n) is 4.74. The molecule has 0 radical (unpaired) electrons. The van der Waals surface area contributed by atoms with E-state index >= 15 is 0 Å². The maximum atomic E-state index is 13.1. The Kier molecular flexibility index (Phi) is 8.80. The Bertz CT molecular complexity index is 1100. The molecule has 3 rings (SSSR count). The van der Waals surface area contributed by atoms with E-state index in [1.54, 1.807) is 12.1 Å². The number of carboxylic acids is 1. The highest BCUT2D eigenvalue weighted by molar-refractivity contribution is 6.02. The maximum absolute atomic E-state index is 13.1. The van der Waals surface area contributed by atoms with Crippen LogP contribution in [-0.2, 0) is 14.4 Å². The van der Waals surface area contributed by atoms with Crippen LogP contribution in [0.3, 0.4) is 0 Å². The molecule has 0 bridgehead atoms. The molecule has 1 aliphatic heterocycles. The van der Waals surface area contributed by atoms with Crippen LogP contribution < -0.4 is 20.9 Å². The lowest BCUT2D eigenvalue weighted by Crippen LogP contribution is -2.55. The van der Waals surface area contributed by atoms with Gasteiger partial charge in [0.15, 0.2) is 5.78 Å². The molecule has 0 aromatic heterocycles. The second-order valence-electron chi connectivity index (χ2n) is 10.4. The van der Waals surface area contributed by atoms with Crippen molar-refractivity contribution in [3.8, 4) is 0 Å². The van der Waals surface area contributed by atoms with E-state index in [0.29, 0.717) is 24.9 Å². The van der Waals surface area contributed by atoms with E-state index in [-0.39, 0.29) is 30.6 Å². The summed E-state index contributed by atoms with van der Waals surface area (Å²) in [6.45, 7) is 7.19. The third-order valence-corrected chi connectivity index (χ3v) is 7.21. The monoisotopic (exact) mass is 527 g/mol. The van der Waals surface area contributed by atoms with E-state index in [1.807, 2.05) is 45.0 Å². The number of amides is 4. The van der Waals surface area contributed by atoms with Crippen LogP contribution in [0.2, 0.25) is 0 Å². The molecule has 4 amide bonds. The number of rotatable bonds is 11. The van der Waals surface area contributed by atoms with E-state index in [9.17, 15) is 29.1 Å². The Morgan fingerprint density at radius 2 is 1.84 bits per heavy atom. The molecular formula is C27H37N5O6. The van der Waals surface area contributed by atoms with Crippen molar-refractivity contribution in [3.05, 3.63) is 42.5 Å². The molecule has 38 heavy (non-hydrogen) atoms. The normalized spacial score (nSPS) is 22.8. The number of carbonyl (C=O) groups excluding carboxylic acids is 4. The van der Waals surface area contributed by atoms with Gasteiger partial charge in [-0.25, -0.2) is 9.59 Å². The third-order valence-electron chi connectivity index (χ3n) is 7.21. The first-order valence-electron chi connectivity index (χ1n) is 12.7. The van der Waals surface area contributed by atoms with Gasteiger partial charge >= 0.3 is 12.0 Å². The van der Waals surface area contributed by atoms with Gasteiger partial charge in [-0.3, -0.25) is 14.4 Å². The Morgan fingerprint density at radius 1 is 1.18 bits per heavy atom. The molecule has 206 valence electrons.